The summed E-state index contributed by atoms with van der Waals surface area (Å²) in [7, 11) is 3.98. The molecular formula is C22H19N5O. The highest BCUT2D eigenvalue weighted by Gasteiger charge is 2.34. The summed E-state index contributed by atoms with van der Waals surface area (Å²) < 4.78 is 0. The van der Waals surface area contributed by atoms with Crippen molar-refractivity contribution < 1.29 is 4.79 Å². The first-order valence-corrected chi connectivity index (χ1v) is 8.88. The van der Waals surface area contributed by atoms with E-state index in [0.717, 1.165) is 16.8 Å². The third kappa shape index (κ3) is 3.40. The Kier molecular flexibility index (Phi) is 4.68. The van der Waals surface area contributed by atoms with Gasteiger partial charge >= 0.3 is 0 Å². The number of hydrogen-bond donors (Lipinski definition) is 0. The van der Waals surface area contributed by atoms with Gasteiger partial charge in [0.15, 0.2) is 5.84 Å². The summed E-state index contributed by atoms with van der Waals surface area (Å²) in [6, 6.07) is 19.2. The van der Waals surface area contributed by atoms with Crippen molar-refractivity contribution in [3.63, 3.8) is 0 Å². The third-order valence-electron chi connectivity index (χ3n) is 4.36. The van der Waals surface area contributed by atoms with Crippen molar-refractivity contribution in [3.05, 3.63) is 89.9 Å². The van der Waals surface area contributed by atoms with Gasteiger partial charge in [-0.2, -0.15) is 0 Å². The van der Waals surface area contributed by atoms with E-state index in [9.17, 15) is 4.79 Å². The van der Waals surface area contributed by atoms with Crippen molar-refractivity contribution in [1.82, 2.24) is 9.97 Å². The van der Waals surface area contributed by atoms with Crippen molar-refractivity contribution in [2.45, 2.75) is 0 Å². The molecule has 1 aliphatic heterocycles. The molecule has 0 saturated carbocycles. The van der Waals surface area contributed by atoms with Crippen molar-refractivity contribution >= 4 is 29.5 Å². The molecular weight excluding hydrogens is 350 g/mol. The molecule has 0 aliphatic carbocycles. The van der Waals surface area contributed by atoms with Gasteiger partial charge < -0.3 is 4.90 Å². The summed E-state index contributed by atoms with van der Waals surface area (Å²) in [6.45, 7) is 0. The lowest BCUT2D eigenvalue weighted by Crippen LogP contribution is -2.34. The molecule has 3 aromatic rings. The fourth-order valence-electron chi connectivity index (χ4n) is 2.92. The number of carbonyl (C=O) groups is 1. The minimum atomic E-state index is -0.248. The zero-order valence-corrected chi connectivity index (χ0v) is 15.6. The number of aromatic nitrogens is 2. The van der Waals surface area contributed by atoms with E-state index in [4.69, 9.17) is 0 Å². The first kappa shape index (κ1) is 17.6. The van der Waals surface area contributed by atoms with E-state index in [1.807, 2.05) is 73.6 Å². The van der Waals surface area contributed by atoms with Crippen LogP contribution in [0.3, 0.4) is 0 Å². The Hall–Kier alpha value is -3.80. The molecule has 0 bridgehead atoms. The van der Waals surface area contributed by atoms with Crippen LogP contribution in [-0.2, 0) is 4.79 Å². The molecule has 0 radical (unpaired) electrons. The van der Waals surface area contributed by atoms with E-state index in [1.54, 1.807) is 24.5 Å². The minimum Gasteiger partial charge on any atom is -0.378 e. The number of nitrogens with zero attached hydrogens (tertiary/aromatic N) is 5. The summed E-state index contributed by atoms with van der Waals surface area (Å²) in [5.74, 6) is 0.580. The van der Waals surface area contributed by atoms with Crippen LogP contribution in [0.1, 0.15) is 11.1 Å². The fourth-order valence-corrected chi connectivity index (χ4v) is 2.92. The molecule has 4 rings (SSSR count). The van der Waals surface area contributed by atoms with Crippen molar-refractivity contribution in [2.75, 3.05) is 23.9 Å². The number of hydrogen-bond acceptors (Lipinski definition) is 5. The summed E-state index contributed by atoms with van der Waals surface area (Å²) in [5.41, 5.74) is 3.17. The second-order valence-corrected chi connectivity index (χ2v) is 6.51. The highest BCUT2D eigenvalue weighted by atomic mass is 16.2. The molecule has 0 atom stereocenters. The molecule has 2 heterocycles. The molecule has 1 aliphatic rings. The average molecular weight is 369 g/mol. The number of amidine groups is 1. The largest absolute Gasteiger partial charge is 0.378 e. The lowest BCUT2D eigenvalue weighted by atomic mass is 10.1. The Balaban J connectivity index is 1.76. The molecule has 6 nitrogen and oxygen atoms in total. The average Bonchev–Trinajstić information content (AvgIpc) is 3.06. The van der Waals surface area contributed by atoms with Crippen LogP contribution >= 0.6 is 0 Å². The molecule has 0 spiro atoms. The van der Waals surface area contributed by atoms with Gasteiger partial charge in [-0.25, -0.2) is 19.9 Å². The van der Waals surface area contributed by atoms with Gasteiger partial charge in [-0.15, -0.1) is 0 Å². The van der Waals surface area contributed by atoms with Gasteiger partial charge in [0, 0.05) is 37.7 Å². The second-order valence-electron chi connectivity index (χ2n) is 6.51. The van der Waals surface area contributed by atoms with E-state index in [1.165, 1.54) is 4.90 Å². The molecule has 0 fully saturated rings. The number of amides is 1. The summed E-state index contributed by atoms with van der Waals surface area (Å²) >= 11 is 0. The van der Waals surface area contributed by atoms with Crippen LogP contribution in [0.2, 0.25) is 0 Å². The smallest absolute Gasteiger partial charge is 0.285 e. The normalized spacial score (nSPS) is 15.1. The number of carbonyl (C=O) groups excluding carboxylic acids is 1. The molecule has 0 unspecified atom stereocenters. The first-order valence-electron chi connectivity index (χ1n) is 8.88. The maximum absolute atomic E-state index is 13.1. The van der Waals surface area contributed by atoms with Crippen molar-refractivity contribution in [1.29, 1.82) is 0 Å². The molecule has 6 heteroatoms. The SMILES string of the molecule is CN(C)c1ccc(C=C2N=C(c3ccccc3)N(c3ncccn3)C2=O)cc1. The predicted octanol–water partition coefficient (Wildman–Crippen LogP) is 3.38. The molecule has 1 aromatic heterocycles. The van der Waals surface area contributed by atoms with Crippen molar-refractivity contribution in [3.8, 4) is 0 Å². The van der Waals surface area contributed by atoms with Crippen LogP contribution in [-0.4, -0.2) is 35.8 Å². The molecule has 138 valence electrons. The predicted molar refractivity (Wildman–Crippen MR) is 111 cm³/mol. The monoisotopic (exact) mass is 369 g/mol. The summed E-state index contributed by atoms with van der Waals surface area (Å²) in [5, 5.41) is 0. The fraction of sp³-hybridized carbons (Fsp3) is 0.0909. The van der Waals surface area contributed by atoms with Crippen LogP contribution in [0.5, 0.6) is 0 Å². The van der Waals surface area contributed by atoms with E-state index < -0.39 is 0 Å². The maximum Gasteiger partial charge on any atom is 0.285 e. The van der Waals surface area contributed by atoms with Gasteiger partial charge in [-0.05, 0) is 29.8 Å². The number of benzene rings is 2. The van der Waals surface area contributed by atoms with Gasteiger partial charge in [0.05, 0.1) is 0 Å². The minimum absolute atomic E-state index is 0.248. The standard InChI is InChI=1S/C22H19N5O/c1-26(2)18-11-9-16(10-12-18)15-19-21(28)27(22-23-13-6-14-24-22)20(25-19)17-7-4-3-5-8-17/h3-15H,1-2H3. The maximum atomic E-state index is 13.1. The third-order valence-corrected chi connectivity index (χ3v) is 4.36. The Bertz CT molecular complexity index is 1040. The quantitative estimate of drug-likeness (QED) is 0.662. The first-order chi connectivity index (χ1) is 13.6. The number of rotatable bonds is 4. The van der Waals surface area contributed by atoms with Gasteiger partial charge in [-0.3, -0.25) is 4.79 Å². The van der Waals surface area contributed by atoms with Gasteiger partial charge in [0.2, 0.25) is 5.95 Å². The summed E-state index contributed by atoms with van der Waals surface area (Å²) in [4.78, 5) is 29.7. The Morgan fingerprint density at radius 2 is 1.57 bits per heavy atom. The van der Waals surface area contributed by atoms with Crippen LogP contribution in [0.25, 0.3) is 6.08 Å². The zero-order chi connectivity index (χ0) is 19.5. The molecule has 0 N–H and O–H groups in total. The molecule has 1 amide bonds. The van der Waals surface area contributed by atoms with E-state index in [0.29, 0.717) is 17.5 Å². The van der Waals surface area contributed by atoms with Crippen LogP contribution in [0, 0.1) is 0 Å². The Morgan fingerprint density at radius 1 is 0.893 bits per heavy atom. The number of anilines is 2. The number of aliphatic imine (C=N–C) groups is 1. The lowest BCUT2D eigenvalue weighted by Gasteiger charge is -2.15. The Labute approximate surface area is 163 Å². The van der Waals surface area contributed by atoms with E-state index >= 15 is 0 Å². The second kappa shape index (κ2) is 7.44. The molecule has 2 aromatic carbocycles. The summed E-state index contributed by atoms with van der Waals surface area (Å²) in [6.07, 6.45) is 5.01. The van der Waals surface area contributed by atoms with Gasteiger partial charge in [0.1, 0.15) is 5.70 Å². The lowest BCUT2D eigenvalue weighted by molar-refractivity contribution is -0.113. The zero-order valence-electron chi connectivity index (χ0n) is 15.6. The molecule has 0 saturated heterocycles. The van der Waals surface area contributed by atoms with Crippen LogP contribution in [0.15, 0.2) is 83.7 Å². The highest BCUT2D eigenvalue weighted by Crippen LogP contribution is 2.25. The topological polar surface area (TPSA) is 61.7 Å². The van der Waals surface area contributed by atoms with E-state index in [2.05, 4.69) is 15.0 Å². The van der Waals surface area contributed by atoms with Crippen molar-refractivity contribution in [2.24, 2.45) is 4.99 Å². The van der Waals surface area contributed by atoms with E-state index in [-0.39, 0.29) is 5.91 Å². The van der Waals surface area contributed by atoms with Gasteiger partial charge in [-0.1, -0.05) is 42.5 Å². The highest BCUT2D eigenvalue weighted by molar-refractivity contribution is 6.32. The van der Waals surface area contributed by atoms with Crippen LogP contribution in [0.4, 0.5) is 11.6 Å². The molecule has 28 heavy (non-hydrogen) atoms. The Morgan fingerprint density at radius 3 is 2.21 bits per heavy atom. The van der Waals surface area contributed by atoms with Crippen LogP contribution < -0.4 is 9.80 Å². The van der Waals surface area contributed by atoms with Gasteiger partial charge in [0.25, 0.3) is 5.91 Å².